The molecule has 2 rings (SSSR count). The fraction of sp³-hybridized carbons (Fsp3) is 0.818. The zero-order chi connectivity index (χ0) is 11.7. The van der Waals surface area contributed by atoms with E-state index in [2.05, 4.69) is 0 Å². The van der Waals surface area contributed by atoms with Crippen LogP contribution in [-0.2, 0) is 9.59 Å². The van der Waals surface area contributed by atoms with E-state index in [1.54, 1.807) is 4.90 Å². The highest BCUT2D eigenvalue weighted by Crippen LogP contribution is 2.25. The molecule has 2 fully saturated rings. The average molecular weight is 226 g/mol. The molecule has 1 unspecified atom stereocenters. The number of likely N-dealkylation sites (tertiary alicyclic amines) is 1. The van der Waals surface area contributed by atoms with Gasteiger partial charge in [0.25, 0.3) is 0 Å². The first-order valence-corrected chi connectivity index (χ1v) is 5.78. The van der Waals surface area contributed by atoms with Gasteiger partial charge in [0.1, 0.15) is 0 Å². The lowest BCUT2D eigenvalue weighted by atomic mass is 10.1. The van der Waals surface area contributed by atoms with Crippen molar-refractivity contribution in [1.82, 2.24) is 9.80 Å². The van der Waals surface area contributed by atoms with Crippen LogP contribution >= 0.6 is 0 Å². The number of carboxylic acid groups (broad SMARTS) is 1. The standard InChI is InChI=1S/C11H18N2O3/c1-12(9-2-3-9)10(14)7-13-5-4-8(6-13)11(15)16/h8-9H,2-7H2,1H3,(H,15,16). The van der Waals surface area contributed by atoms with E-state index in [9.17, 15) is 9.59 Å². The van der Waals surface area contributed by atoms with E-state index < -0.39 is 5.97 Å². The van der Waals surface area contributed by atoms with Crippen molar-refractivity contribution < 1.29 is 14.7 Å². The minimum absolute atomic E-state index is 0.119. The van der Waals surface area contributed by atoms with E-state index >= 15 is 0 Å². The summed E-state index contributed by atoms with van der Waals surface area (Å²) in [6, 6.07) is 0.436. The molecule has 1 aliphatic heterocycles. The molecule has 1 aliphatic carbocycles. The first-order valence-electron chi connectivity index (χ1n) is 5.78. The maximum atomic E-state index is 11.8. The topological polar surface area (TPSA) is 60.9 Å². The Morgan fingerprint density at radius 2 is 2.06 bits per heavy atom. The SMILES string of the molecule is CN(C(=O)CN1CCC(C(=O)O)C1)C1CC1. The highest BCUT2D eigenvalue weighted by Gasteiger charge is 2.33. The first kappa shape index (κ1) is 11.4. The van der Waals surface area contributed by atoms with Crippen molar-refractivity contribution in [2.75, 3.05) is 26.7 Å². The van der Waals surface area contributed by atoms with Gasteiger partial charge in [-0.25, -0.2) is 0 Å². The molecule has 5 nitrogen and oxygen atoms in total. The Balaban J connectivity index is 1.77. The molecule has 1 amide bonds. The molecule has 0 aromatic carbocycles. The number of nitrogens with zero attached hydrogens (tertiary/aromatic N) is 2. The van der Waals surface area contributed by atoms with Crippen molar-refractivity contribution in [3.8, 4) is 0 Å². The predicted molar refractivity (Wildman–Crippen MR) is 58.0 cm³/mol. The Hall–Kier alpha value is -1.10. The summed E-state index contributed by atoms with van der Waals surface area (Å²) in [4.78, 5) is 26.3. The number of hydrogen-bond acceptors (Lipinski definition) is 3. The highest BCUT2D eigenvalue weighted by molar-refractivity contribution is 5.79. The first-order chi connectivity index (χ1) is 7.58. The van der Waals surface area contributed by atoms with Crippen LogP contribution in [0.2, 0.25) is 0 Å². The van der Waals surface area contributed by atoms with Crippen LogP contribution < -0.4 is 0 Å². The lowest BCUT2D eigenvalue weighted by Crippen LogP contribution is -2.38. The quantitative estimate of drug-likeness (QED) is 0.733. The summed E-state index contributed by atoms with van der Waals surface area (Å²) in [5.41, 5.74) is 0. The normalized spacial score (nSPS) is 25.7. The molecule has 16 heavy (non-hydrogen) atoms. The monoisotopic (exact) mass is 226 g/mol. The number of rotatable bonds is 4. The summed E-state index contributed by atoms with van der Waals surface area (Å²) in [7, 11) is 1.84. The van der Waals surface area contributed by atoms with Crippen molar-refractivity contribution in [1.29, 1.82) is 0 Å². The summed E-state index contributed by atoms with van der Waals surface area (Å²) in [5, 5.41) is 8.85. The zero-order valence-corrected chi connectivity index (χ0v) is 9.56. The largest absolute Gasteiger partial charge is 0.481 e. The van der Waals surface area contributed by atoms with Gasteiger partial charge < -0.3 is 10.0 Å². The number of aliphatic carboxylic acids is 1. The molecule has 0 spiro atoms. The molecular formula is C11H18N2O3. The van der Waals surface area contributed by atoms with Gasteiger partial charge in [-0.05, 0) is 25.8 Å². The third-order valence-electron chi connectivity index (χ3n) is 3.47. The molecule has 1 atom stereocenters. The summed E-state index contributed by atoms with van der Waals surface area (Å²) >= 11 is 0. The molecule has 1 saturated carbocycles. The van der Waals surface area contributed by atoms with Gasteiger partial charge in [-0.15, -0.1) is 0 Å². The van der Waals surface area contributed by atoms with Crippen molar-refractivity contribution >= 4 is 11.9 Å². The van der Waals surface area contributed by atoms with Crippen LogP contribution in [-0.4, -0.2) is 59.5 Å². The van der Waals surface area contributed by atoms with Gasteiger partial charge in [0.2, 0.25) is 5.91 Å². The minimum atomic E-state index is -0.745. The molecule has 1 saturated heterocycles. The number of amides is 1. The van der Waals surface area contributed by atoms with E-state index in [1.165, 1.54) is 0 Å². The van der Waals surface area contributed by atoms with Gasteiger partial charge in [0.05, 0.1) is 12.5 Å². The molecule has 0 radical (unpaired) electrons. The molecule has 2 aliphatic rings. The number of carbonyl (C=O) groups excluding carboxylic acids is 1. The fourth-order valence-electron chi connectivity index (χ4n) is 2.15. The van der Waals surface area contributed by atoms with Crippen LogP contribution in [0.25, 0.3) is 0 Å². The van der Waals surface area contributed by atoms with E-state index in [0.717, 1.165) is 19.4 Å². The molecule has 0 aromatic rings. The van der Waals surface area contributed by atoms with E-state index in [4.69, 9.17) is 5.11 Å². The van der Waals surface area contributed by atoms with Crippen molar-refractivity contribution in [3.05, 3.63) is 0 Å². The van der Waals surface area contributed by atoms with Gasteiger partial charge in [-0.1, -0.05) is 0 Å². The predicted octanol–water partition coefficient (Wildman–Crippen LogP) is 0.0137. The second-order valence-electron chi connectivity index (χ2n) is 4.79. The Kier molecular flexibility index (Phi) is 3.14. The van der Waals surface area contributed by atoms with Crippen LogP contribution in [0.15, 0.2) is 0 Å². The van der Waals surface area contributed by atoms with Gasteiger partial charge in [-0.2, -0.15) is 0 Å². The van der Waals surface area contributed by atoms with Gasteiger partial charge in [0, 0.05) is 19.6 Å². The third kappa shape index (κ3) is 2.52. The number of likely N-dealkylation sites (N-methyl/N-ethyl adjacent to an activating group) is 1. The lowest BCUT2D eigenvalue weighted by Gasteiger charge is -2.21. The van der Waals surface area contributed by atoms with E-state index in [-0.39, 0.29) is 11.8 Å². The maximum Gasteiger partial charge on any atom is 0.307 e. The third-order valence-corrected chi connectivity index (χ3v) is 3.47. The molecule has 0 aromatic heterocycles. The summed E-state index contributed by atoms with van der Waals surface area (Å²) in [6.07, 6.45) is 2.88. The molecule has 0 bridgehead atoms. The minimum Gasteiger partial charge on any atom is -0.481 e. The Morgan fingerprint density at radius 1 is 1.38 bits per heavy atom. The number of hydrogen-bond donors (Lipinski definition) is 1. The molecule has 5 heteroatoms. The Morgan fingerprint density at radius 3 is 2.56 bits per heavy atom. The van der Waals surface area contributed by atoms with E-state index in [1.807, 2.05) is 11.9 Å². The summed E-state index contributed by atoms with van der Waals surface area (Å²) in [6.45, 7) is 1.61. The molecule has 90 valence electrons. The Bertz CT molecular complexity index is 302. The summed E-state index contributed by atoms with van der Waals surface area (Å²) in [5.74, 6) is -0.918. The fourth-order valence-corrected chi connectivity index (χ4v) is 2.15. The maximum absolute atomic E-state index is 11.8. The van der Waals surface area contributed by atoms with Crippen LogP contribution in [0.3, 0.4) is 0 Å². The zero-order valence-electron chi connectivity index (χ0n) is 9.56. The average Bonchev–Trinajstić information content (AvgIpc) is 2.97. The molecule has 1 N–H and O–H groups in total. The van der Waals surface area contributed by atoms with Gasteiger partial charge in [-0.3, -0.25) is 14.5 Å². The van der Waals surface area contributed by atoms with Crippen molar-refractivity contribution in [2.24, 2.45) is 5.92 Å². The van der Waals surface area contributed by atoms with Crippen molar-refractivity contribution in [2.45, 2.75) is 25.3 Å². The van der Waals surface area contributed by atoms with E-state index in [0.29, 0.717) is 25.6 Å². The number of carboxylic acids is 1. The van der Waals surface area contributed by atoms with Crippen LogP contribution in [0.1, 0.15) is 19.3 Å². The summed E-state index contributed by atoms with van der Waals surface area (Å²) < 4.78 is 0. The van der Waals surface area contributed by atoms with Gasteiger partial charge in [0.15, 0.2) is 0 Å². The molecule has 1 heterocycles. The molecular weight excluding hydrogens is 208 g/mol. The van der Waals surface area contributed by atoms with Crippen molar-refractivity contribution in [3.63, 3.8) is 0 Å². The number of carbonyl (C=O) groups is 2. The van der Waals surface area contributed by atoms with Crippen LogP contribution in [0.4, 0.5) is 0 Å². The lowest BCUT2D eigenvalue weighted by molar-refractivity contribution is -0.141. The van der Waals surface area contributed by atoms with Crippen LogP contribution in [0, 0.1) is 5.92 Å². The van der Waals surface area contributed by atoms with Gasteiger partial charge >= 0.3 is 5.97 Å². The second kappa shape index (κ2) is 4.41. The second-order valence-corrected chi connectivity index (χ2v) is 4.79. The van der Waals surface area contributed by atoms with Crippen LogP contribution in [0.5, 0.6) is 0 Å². The highest BCUT2D eigenvalue weighted by atomic mass is 16.4. The Labute approximate surface area is 95.0 Å². The smallest absolute Gasteiger partial charge is 0.307 e.